The molecule has 59 heavy (non-hydrogen) atoms. The molecule has 0 bridgehead atoms. The van der Waals surface area contributed by atoms with Crippen molar-refractivity contribution in [3.63, 3.8) is 0 Å². The lowest BCUT2D eigenvalue weighted by Gasteiger charge is -2.35. The summed E-state index contributed by atoms with van der Waals surface area (Å²) in [6.07, 6.45) is 3.71. The Morgan fingerprint density at radius 3 is 1.34 bits per heavy atom. The van der Waals surface area contributed by atoms with Gasteiger partial charge in [-0.2, -0.15) is 0 Å². The average Bonchev–Trinajstić information content (AvgIpc) is 3.77. The van der Waals surface area contributed by atoms with Crippen LogP contribution in [-0.4, -0.2) is 25.8 Å². The minimum Gasteiger partial charge on any atom is -0.310 e. The van der Waals surface area contributed by atoms with Crippen LogP contribution in [0.1, 0.15) is 52.7 Å². The molecule has 2 aliphatic rings. The quantitative estimate of drug-likeness (QED) is 0.168. The van der Waals surface area contributed by atoms with Gasteiger partial charge in [-0.1, -0.05) is 139 Å². The van der Waals surface area contributed by atoms with Crippen LogP contribution in [0.25, 0.3) is 88.6 Å². The van der Waals surface area contributed by atoms with E-state index >= 15 is 0 Å². The second-order valence-electron chi connectivity index (χ2n) is 18.7. The molecule has 0 atom stereocenters. The molecule has 282 valence electrons. The molecule has 0 spiro atoms. The van der Waals surface area contributed by atoms with Gasteiger partial charge in [0.1, 0.15) is 0 Å². The number of benzene rings is 7. The minimum absolute atomic E-state index is 0.0228. The first-order valence-corrected chi connectivity index (χ1v) is 20.9. The summed E-state index contributed by atoms with van der Waals surface area (Å²) in [5.41, 5.74) is 20.0. The molecule has 0 radical (unpaired) electrons. The summed E-state index contributed by atoms with van der Waals surface area (Å²) in [6, 6.07) is 52.2. The molecule has 0 aliphatic carbocycles. The maximum atomic E-state index is 4.85. The van der Waals surface area contributed by atoms with E-state index < -0.39 is 0 Å². The lowest BCUT2D eigenvalue weighted by Crippen LogP contribution is -2.59. The lowest BCUT2D eigenvalue weighted by molar-refractivity contribution is 0.596. The maximum Gasteiger partial charge on any atom is 0.252 e. The highest BCUT2D eigenvalue weighted by atomic mass is 15.0. The van der Waals surface area contributed by atoms with Crippen LogP contribution in [-0.2, 0) is 10.8 Å². The maximum absolute atomic E-state index is 4.85. The van der Waals surface area contributed by atoms with Crippen LogP contribution >= 0.6 is 0 Å². The van der Waals surface area contributed by atoms with Gasteiger partial charge in [0.05, 0.1) is 11.0 Å². The topological polar surface area (TPSA) is 35.6 Å². The fraction of sp³-hybridized carbons (Fsp3) is 0.148. The van der Waals surface area contributed by atoms with Gasteiger partial charge in [-0.3, -0.25) is 0 Å². The number of hydrogen-bond donors (Lipinski definition) is 0. The van der Waals surface area contributed by atoms with Crippen molar-refractivity contribution in [3.05, 3.63) is 163 Å². The minimum atomic E-state index is -0.0807. The molecular weight excluding hydrogens is 715 g/mol. The van der Waals surface area contributed by atoms with Crippen molar-refractivity contribution in [2.75, 3.05) is 0 Å². The zero-order chi connectivity index (χ0) is 39.9. The highest BCUT2D eigenvalue weighted by Crippen LogP contribution is 2.46. The van der Waals surface area contributed by atoms with Crippen molar-refractivity contribution < 1.29 is 0 Å². The molecule has 5 heteroatoms. The highest BCUT2D eigenvalue weighted by Gasteiger charge is 2.43. The zero-order valence-corrected chi connectivity index (χ0v) is 34.3. The van der Waals surface area contributed by atoms with Crippen LogP contribution in [0.5, 0.6) is 0 Å². The van der Waals surface area contributed by atoms with E-state index in [9.17, 15) is 0 Å². The van der Waals surface area contributed by atoms with Crippen molar-refractivity contribution in [2.24, 2.45) is 0 Å². The molecular formula is C54H43BN4. The summed E-state index contributed by atoms with van der Waals surface area (Å²) in [7, 11) is 0. The van der Waals surface area contributed by atoms with Crippen molar-refractivity contribution in [3.8, 4) is 45.0 Å². The fourth-order valence-electron chi connectivity index (χ4n) is 10.5. The predicted molar refractivity (Wildman–Crippen MR) is 249 cm³/mol. The molecule has 3 aromatic heterocycles. The van der Waals surface area contributed by atoms with Gasteiger partial charge in [0, 0.05) is 61.9 Å². The van der Waals surface area contributed by atoms with E-state index in [4.69, 9.17) is 9.97 Å². The molecule has 7 aromatic carbocycles. The van der Waals surface area contributed by atoms with Crippen LogP contribution < -0.4 is 16.4 Å². The number of nitrogens with zero attached hydrogens (tertiary/aromatic N) is 4. The van der Waals surface area contributed by atoms with Gasteiger partial charge in [-0.05, 0) is 103 Å². The Kier molecular flexibility index (Phi) is 6.94. The standard InChI is InChI=1S/C54H43BN4/c1-53(2,3)39-20-22-41-50-47(39)37-28-34(32-14-9-7-10-15-32)18-24-43(37)58(50)45-30-36(52-56-26-13-27-57-52)31-46-49(45)55(41)42-23-21-40(54(4,5)6)48-38-29-35(33-16-11-8-12-17-33)19-25-44(38)59(46)51(42)48/h7-31H,1-6H3. The van der Waals surface area contributed by atoms with E-state index in [0.717, 1.165) is 11.4 Å². The molecule has 4 nitrogen and oxygen atoms in total. The highest BCUT2D eigenvalue weighted by molar-refractivity contribution is 7.00. The molecule has 2 aliphatic heterocycles. The second kappa shape index (κ2) is 11.9. The Labute approximate surface area is 344 Å². The van der Waals surface area contributed by atoms with Crippen molar-refractivity contribution in [2.45, 2.75) is 52.4 Å². The van der Waals surface area contributed by atoms with Crippen molar-refractivity contribution in [1.82, 2.24) is 19.1 Å². The van der Waals surface area contributed by atoms with Crippen LogP contribution in [0.15, 0.2) is 152 Å². The Morgan fingerprint density at radius 2 is 0.898 bits per heavy atom. The summed E-state index contributed by atoms with van der Waals surface area (Å²) in [5, 5.41) is 5.26. The van der Waals surface area contributed by atoms with Crippen LogP contribution in [0.3, 0.4) is 0 Å². The Hall–Kier alpha value is -6.72. The van der Waals surface area contributed by atoms with Gasteiger partial charge < -0.3 is 9.13 Å². The summed E-state index contributed by atoms with van der Waals surface area (Å²) >= 11 is 0. The number of aromatic nitrogens is 4. The first kappa shape index (κ1) is 34.3. The normalized spacial score (nSPS) is 13.2. The molecule has 0 saturated carbocycles. The van der Waals surface area contributed by atoms with Gasteiger partial charge >= 0.3 is 0 Å². The molecule has 0 N–H and O–H groups in total. The van der Waals surface area contributed by atoms with Crippen molar-refractivity contribution >= 4 is 66.7 Å². The largest absolute Gasteiger partial charge is 0.310 e. The van der Waals surface area contributed by atoms with Crippen molar-refractivity contribution in [1.29, 1.82) is 0 Å². The summed E-state index contributed by atoms with van der Waals surface area (Å²) in [4.78, 5) is 9.70. The molecule has 12 rings (SSSR count). The zero-order valence-electron chi connectivity index (χ0n) is 34.3. The number of rotatable bonds is 3. The van der Waals surface area contributed by atoms with Gasteiger partial charge in [-0.25, -0.2) is 9.97 Å². The fourth-order valence-corrected chi connectivity index (χ4v) is 10.5. The molecule has 0 fully saturated rings. The molecule has 0 saturated heterocycles. The van der Waals surface area contributed by atoms with Gasteiger partial charge in [0.15, 0.2) is 5.82 Å². The van der Waals surface area contributed by atoms with Crippen LogP contribution in [0.4, 0.5) is 0 Å². The average molecular weight is 759 g/mol. The SMILES string of the molecule is CC(C)(C)c1ccc2c3c1c1cc(-c4ccccc4)ccc1n3-c1cc(-c3ncccn3)cc3c1B2c1ccc(C(C)(C)C)c2c4cc(-c5ccccc5)ccc4n-3c12. The number of hydrogen-bond acceptors (Lipinski definition) is 2. The monoisotopic (exact) mass is 758 g/mol. The van der Waals surface area contributed by atoms with E-state index in [0.29, 0.717) is 0 Å². The summed E-state index contributed by atoms with van der Waals surface area (Å²) in [6.45, 7) is 14.1. The third-order valence-electron chi connectivity index (χ3n) is 13.1. The van der Waals surface area contributed by atoms with E-state index in [1.807, 2.05) is 18.5 Å². The van der Waals surface area contributed by atoms with Gasteiger partial charge in [-0.15, -0.1) is 0 Å². The molecule has 0 amide bonds. The summed E-state index contributed by atoms with van der Waals surface area (Å²) in [5.74, 6) is 0.727. The molecule has 0 unspecified atom stereocenters. The van der Waals surface area contributed by atoms with Gasteiger partial charge in [0.25, 0.3) is 6.71 Å². The molecule has 10 aromatic rings. The predicted octanol–water partition coefficient (Wildman–Crippen LogP) is 11.4. The van der Waals surface area contributed by atoms with Crippen LogP contribution in [0.2, 0.25) is 0 Å². The first-order valence-electron chi connectivity index (χ1n) is 20.9. The Bertz CT molecular complexity index is 3180. The van der Waals surface area contributed by atoms with E-state index in [1.165, 1.54) is 105 Å². The third-order valence-corrected chi connectivity index (χ3v) is 13.1. The second-order valence-corrected chi connectivity index (χ2v) is 18.7. The van der Waals surface area contributed by atoms with E-state index in [-0.39, 0.29) is 17.5 Å². The van der Waals surface area contributed by atoms with E-state index in [2.05, 4.69) is 184 Å². The Morgan fingerprint density at radius 1 is 0.441 bits per heavy atom. The van der Waals surface area contributed by atoms with Gasteiger partial charge in [0.2, 0.25) is 0 Å². The van der Waals surface area contributed by atoms with Crippen LogP contribution in [0, 0.1) is 0 Å². The molecule has 5 heterocycles. The smallest absolute Gasteiger partial charge is 0.252 e. The third kappa shape index (κ3) is 4.79. The lowest BCUT2D eigenvalue weighted by atomic mass is 9.34. The summed E-state index contributed by atoms with van der Waals surface area (Å²) < 4.78 is 5.16. The Balaban J connectivity index is 1.27. The van der Waals surface area contributed by atoms with E-state index in [1.54, 1.807) is 0 Å². The number of fused-ring (bicyclic) bond motifs is 10. The first-order chi connectivity index (χ1) is 28.6.